The highest BCUT2D eigenvalue weighted by molar-refractivity contribution is 5.91. The van der Waals surface area contributed by atoms with Crippen molar-refractivity contribution in [3.05, 3.63) is 76.9 Å². The monoisotopic (exact) mass is 438 g/mol. The second kappa shape index (κ2) is 8.34. The number of esters is 1. The zero-order valence-electron chi connectivity index (χ0n) is 19.4. The molecule has 3 aliphatic rings. The number of Topliss-reactive ketones (excluding diaryl/α,β-unsaturated/α-hetero) is 1. The second-order valence-electron chi connectivity index (χ2n) is 10.2. The van der Waals surface area contributed by atoms with E-state index in [9.17, 15) is 9.59 Å². The van der Waals surface area contributed by atoms with Crippen molar-refractivity contribution in [1.82, 2.24) is 0 Å². The summed E-state index contributed by atoms with van der Waals surface area (Å²) in [6.45, 7) is 7.84. The van der Waals surface area contributed by atoms with Gasteiger partial charge in [0.1, 0.15) is 11.5 Å². The van der Waals surface area contributed by atoms with Crippen LogP contribution in [0.25, 0.3) is 0 Å². The maximum atomic E-state index is 12.7. The molecule has 4 atom stereocenters. The molecule has 2 fully saturated rings. The highest BCUT2D eigenvalue weighted by Crippen LogP contribution is 2.59. The van der Waals surface area contributed by atoms with Gasteiger partial charge in [-0.1, -0.05) is 31.4 Å². The number of aryl methyl sites for hydroxylation is 1. The molecule has 0 radical (unpaired) electrons. The normalized spacial score (nSPS) is 27.5. The number of hydrogen-bond donors (Lipinski definition) is 0. The van der Waals surface area contributed by atoms with Gasteiger partial charge < -0.3 is 4.74 Å². The molecule has 2 saturated carbocycles. The van der Waals surface area contributed by atoms with Crippen molar-refractivity contribution in [3.8, 4) is 17.6 Å². The third-order valence-corrected chi connectivity index (χ3v) is 8.16. The quantitative estimate of drug-likeness (QED) is 0.316. The Morgan fingerprint density at radius 1 is 1.09 bits per heavy atom. The van der Waals surface area contributed by atoms with E-state index in [0.717, 1.165) is 49.7 Å². The lowest BCUT2D eigenvalue weighted by Gasteiger charge is -2.48. The number of fused-ring (bicyclic) bond motifs is 5. The largest absolute Gasteiger partial charge is 0.423 e. The Bertz CT molecular complexity index is 1190. The average Bonchev–Trinajstić information content (AvgIpc) is 3.12. The fraction of sp³-hybridized carbons (Fsp3) is 0.400. The topological polar surface area (TPSA) is 43.4 Å². The van der Waals surface area contributed by atoms with E-state index in [0.29, 0.717) is 34.8 Å². The Morgan fingerprint density at radius 3 is 2.64 bits per heavy atom. The highest BCUT2D eigenvalue weighted by Gasteiger charge is 2.54. The van der Waals surface area contributed by atoms with Gasteiger partial charge in [-0.2, -0.15) is 0 Å². The molecular formula is C30H30O3. The zero-order chi connectivity index (χ0) is 23.2. The van der Waals surface area contributed by atoms with E-state index in [4.69, 9.17) is 4.74 Å². The second-order valence-corrected chi connectivity index (χ2v) is 10.2. The molecule has 5 rings (SSSR count). The van der Waals surface area contributed by atoms with Crippen LogP contribution in [0.3, 0.4) is 0 Å². The fourth-order valence-electron chi connectivity index (χ4n) is 6.43. The van der Waals surface area contributed by atoms with Gasteiger partial charge >= 0.3 is 5.97 Å². The molecule has 1 unspecified atom stereocenters. The van der Waals surface area contributed by atoms with Crippen molar-refractivity contribution in [2.45, 2.75) is 58.3 Å². The molecule has 2 aromatic rings. The van der Waals surface area contributed by atoms with Gasteiger partial charge in [0.05, 0.1) is 5.56 Å². The number of allylic oxidation sites excluding steroid dienone is 1. The smallest absolute Gasteiger partial charge is 0.343 e. The Labute approximate surface area is 196 Å². The van der Waals surface area contributed by atoms with Crippen LogP contribution in [0.15, 0.2) is 54.6 Å². The van der Waals surface area contributed by atoms with Crippen LogP contribution in [0, 0.1) is 29.1 Å². The lowest BCUT2D eigenvalue weighted by atomic mass is 9.55. The summed E-state index contributed by atoms with van der Waals surface area (Å²) in [5.74, 6) is 8.32. The van der Waals surface area contributed by atoms with E-state index in [1.54, 1.807) is 12.1 Å². The molecule has 0 aromatic heterocycles. The van der Waals surface area contributed by atoms with E-state index in [1.165, 1.54) is 11.1 Å². The van der Waals surface area contributed by atoms with Gasteiger partial charge in [-0.3, -0.25) is 4.79 Å². The van der Waals surface area contributed by atoms with Gasteiger partial charge in [-0.05, 0) is 110 Å². The molecule has 0 saturated heterocycles. The van der Waals surface area contributed by atoms with Crippen molar-refractivity contribution < 1.29 is 14.3 Å². The Hall–Kier alpha value is -3.12. The number of ketones is 1. The maximum absolute atomic E-state index is 12.7. The summed E-state index contributed by atoms with van der Waals surface area (Å²) in [4.78, 5) is 25.2. The molecule has 2 aromatic carbocycles. The number of carbonyl (C=O) groups excluding carboxylic acids is 2. The number of hydrogen-bond acceptors (Lipinski definition) is 3. The predicted octanol–water partition coefficient (Wildman–Crippen LogP) is 6.26. The molecule has 168 valence electrons. The van der Waals surface area contributed by atoms with Crippen LogP contribution >= 0.6 is 0 Å². The van der Waals surface area contributed by atoms with E-state index >= 15 is 0 Å². The lowest BCUT2D eigenvalue weighted by molar-refractivity contribution is -0.129. The van der Waals surface area contributed by atoms with Gasteiger partial charge in [-0.15, -0.1) is 0 Å². The lowest BCUT2D eigenvalue weighted by Crippen LogP contribution is -2.42. The van der Waals surface area contributed by atoms with Gasteiger partial charge in [0.15, 0.2) is 0 Å². The van der Waals surface area contributed by atoms with Crippen LogP contribution in [0.2, 0.25) is 0 Å². The van der Waals surface area contributed by atoms with Crippen molar-refractivity contribution in [1.29, 1.82) is 0 Å². The zero-order valence-corrected chi connectivity index (χ0v) is 19.4. The van der Waals surface area contributed by atoms with Crippen LogP contribution in [0.1, 0.15) is 78.9 Å². The first-order chi connectivity index (χ1) is 15.8. The molecule has 0 bridgehead atoms. The highest BCUT2D eigenvalue weighted by atomic mass is 16.5. The summed E-state index contributed by atoms with van der Waals surface area (Å²) in [7, 11) is 0. The van der Waals surface area contributed by atoms with Gasteiger partial charge in [-0.25, -0.2) is 4.79 Å². The number of ether oxygens (including phenoxy) is 1. The summed E-state index contributed by atoms with van der Waals surface area (Å²) < 4.78 is 5.71. The maximum Gasteiger partial charge on any atom is 0.343 e. The Morgan fingerprint density at radius 2 is 1.88 bits per heavy atom. The minimum absolute atomic E-state index is 0.0974. The van der Waals surface area contributed by atoms with Crippen molar-refractivity contribution in [2.24, 2.45) is 17.3 Å². The predicted molar refractivity (Wildman–Crippen MR) is 129 cm³/mol. The Kier molecular flexibility index (Phi) is 5.49. The summed E-state index contributed by atoms with van der Waals surface area (Å²) in [6, 6.07) is 13.3. The summed E-state index contributed by atoms with van der Waals surface area (Å²) in [5, 5.41) is 0. The summed E-state index contributed by atoms with van der Waals surface area (Å²) in [6.07, 6.45) is 6.00. The summed E-state index contributed by atoms with van der Waals surface area (Å²) in [5.41, 5.74) is 4.74. The molecule has 0 aliphatic heterocycles. The van der Waals surface area contributed by atoms with Gasteiger partial charge in [0.25, 0.3) is 0 Å². The molecular weight excluding hydrogens is 408 g/mol. The van der Waals surface area contributed by atoms with Crippen LogP contribution < -0.4 is 4.74 Å². The molecule has 3 aliphatic carbocycles. The van der Waals surface area contributed by atoms with Gasteiger partial charge in [0, 0.05) is 17.4 Å². The SMILES string of the molecule is C=C(C)C#Cc1ccc(C(=O)Oc2ccc3c(c2)CC[C@H]2C4CCC(=O)[C@@]4(C)CC[C@H]32)cc1. The van der Waals surface area contributed by atoms with Crippen LogP contribution in [-0.2, 0) is 11.2 Å². The number of carbonyl (C=O) groups is 2. The standard InChI is InChI=1S/C30H30O3/c1-19(2)4-5-20-6-8-21(9-7-20)29(32)33-23-11-13-24-22(18-23)10-12-26-25(24)16-17-30(3)27(26)14-15-28(30)31/h6-9,11,13,18,25-27H,1,10,12,14-17H2,2-3H3/t25-,26-,27?,30+/m1/s1. The van der Waals surface area contributed by atoms with E-state index < -0.39 is 0 Å². The third-order valence-electron chi connectivity index (χ3n) is 8.16. The first-order valence-corrected chi connectivity index (χ1v) is 12.0. The molecule has 33 heavy (non-hydrogen) atoms. The van der Waals surface area contributed by atoms with Crippen molar-refractivity contribution >= 4 is 11.8 Å². The minimum Gasteiger partial charge on any atom is -0.423 e. The van der Waals surface area contributed by atoms with Crippen molar-refractivity contribution in [3.63, 3.8) is 0 Å². The first kappa shape index (κ1) is 21.7. The summed E-state index contributed by atoms with van der Waals surface area (Å²) >= 11 is 0. The minimum atomic E-state index is -0.360. The average molecular weight is 439 g/mol. The first-order valence-electron chi connectivity index (χ1n) is 12.0. The Balaban J connectivity index is 1.30. The van der Waals surface area contributed by atoms with E-state index in [2.05, 4.69) is 31.4 Å². The molecule has 0 spiro atoms. The van der Waals surface area contributed by atoms with Gasteiger partial charge in [0.2, 0.25) is 0 Å². The molecule has 0 amide bonds. The molecule has 0 N–H and O–H groups in total. The molecule has 3 heteroatoms. The number of rotatable bonds is 2. The van der Waals surface area contributed by atoms with Crippen LogP contribution in [0.5, 0.6) is 5.75 Å². The number of benzene rings is 2. The van der Waals surface area contributed by atoms with Crippen molar-refractivity contribution in [2.75, 3.05) is 0 Å². The third kappa shape index (κ3) is 3.93. The molecule has 3 nitrogen and oxygen atoms in total. The van der Waals surface area contributed by atoms with Crippen LogP contribution in [-0.4, -0.2) is 11.8 Å². The van der Waals surface area contributed by atoms with E-state index in [-0.39, 0.29) is 11.4 Å². The fourth-order valence-corrected chi connectivity index (χ4v) is 6.43. The molecule has 0 heterocycles. The van der Waals surface area contributed by atoms with E-state index in [1.807, 2.05) is 31.2 Å². The van der Waals surface area contributed by atoms with Crippen LogP contribution in [0.4, 0.5) is 0 Å².